The standard InChI is InChI=1S/C24H24N4O4S2/c1-14-11-19(27-32-14)25-20(29)13-33-24-26-22-21(17-9-4-3-5-10-18(17)34-22)23(30)28(24)15-7-6-8-16(12-15)31-2/h6-8,11-12H,3-5,9-10,13H2,1-2H3,(H,25,27,29). The summed E-state index contributed by atoms with van der Waals surface area (Å²) in [6.07, 6.45) is 5.27. The molecule has 3 heterocycles. The van der Waals surface area contributed by atoms with E-state index in [0.717, 1.165) is 36.1 Å². The molecule has 0 bridgehead atoms. The smallest absolute Gasteiger partial charge is 0.267 e. The van der Waals surface area contributed by atoms with Gasteiger partial charge >= 0.3 is 0 Å². The van der Waals surface area contributed by atoms with Gasteiger partial charge in [0.15, 0.2) is 11.0 Å². The molecule has 4 aromatic rings. The van der Waals surface area contributed by atoms with Crippen molar-refractivity contribution in [1.29, 1.82) is 0 Å². The van der Waals surface area contributed by atoms with Crippen molar-refractivity contribution < 1.29 is 14.1 Å². The molecule has 34 heavy (non-hydrogen) atoms. The molecule has 0 spiro atoms. The Labute approximate surface area is 204 Å². The summed E-state index contributed by atoms with van der Waals surface area (Å²) < 4.78 is 12.0. The van der Waals surface area contributed by atoms with Gasteiger partial charge in [-0.1, -0.05) is 29.4 Å². The van der Waals surface area contributed by atoms with E-state index >= 15 is 0 Å². The highest BCUT2D eigenvalue weighted by atomic mass is 32.2. The SMILES string of the molecule is COc1cccc(-n2c(SCC(=O)Nc3cc(C)on3)nc3sc4c(c3c2=O)CCCCC4)c1. The molecule has 0 unspecified atom stereocenters. The summed E-state index contributed by atoms with van der Waals surface area (Å²) in [6.45, 7) is 1.76. The first-order valence-electron chi connectivity index (χ1n) is 11.1. The molecule has 0 aliphatic heterocycles. The maximum Gasteiger partial charge on any atom is 0.267 e. The Morgan fingerprint density at radius 1 is 1.26 bits per heavy atom. The molecule has 176 valence electrons. The number of methoxy groups -OCH3 is 1. The van der Waals surface area contributed by atoms with Crippen LogP contribution in [0.5, 0.6) is 5.75 Å². The molecule has 1 N–H and O–H groups in total. The Hall–Kier alpha value is -3.11. The van der Waals surface area contributed by atoms with Gasteiger partial charge in [0, 0.05) is 17.0 Å². The molecule has 0 radical (unpaired) electrons. The first-order chi connectivity index (χ1) is 16.5. The van der Waals surface area contributed by atoms with Gasteiger partial charge in [-0.15, -0.1) is 11.3 Å². The summed E-state index contributed by atoms with van der Waals surface area (Å²) >= 11 is 2.82. The van der Waals surface area contributed by atoms with Gasteiger partial charge in [0.05, 0.1) is 23.9 Å². The lowest BCUT2D eigenvalue weighted by atomic mass is 10.1. The van der Waals surface area contributed by atoms with E-state index in [0.29, 0.717) is 33.6 Å². The van der Waals surface area contributed by atoms with Crippen LogP contribution in [-0.2, 0) is 17.6 Å². The largest absolute Gasteiger partial charge is 0.497 e. The minimum Gasteiger partial charge on any atom is -0.497 e. The van der Waals surface area contributed by atoms with Crippen molar-refractivity contribution in [3.8, 4) is 11.4 Å². The van der Waals surface area contributed by atoms with Crippen LogP contribution in [0.2, 0.25) is 0 Å². The number of hydrogen-bond donors (Lipinski definition) is 1. The fourth-order valence-corrected chi connectivity index (χ4v) is 6.29. The summed E-state index contributed by atoms with van der Waals surface area (Å²) in [6, 6.07) is 8.98. The number of nitrogens with one attached hydrogen (secondary N) is 1. The number of anilines is 1. The fraction of sp³-hybridized carbons (Fsp3) is 0.333. The number of thioether (sulfide) groups is 1. The van der Waals surface area contributed by atoms with Crippen molar-refractivity contribution in [2.45, 2.75) is 44.2 Å². The van der Waals surface area contributed by atoms with Crippen molar-refractivity contribution in [2.24, 2.45) is 0 Å². The van der Waals surface area contributed by atoms with E-state index in [1.165, 1.54) is 23.1 Å². The summed E-state index contributed by atoms with van der Waals surface area (Å²) in [4.78, 5) is 33.3. The molecule has 1 aromatic carbocycles. The number of rotatable bonds is 6. The van der Waals surface area contributed by atoms with E-state index in [1.807, 2.05) is 24.3 Å². The highest BCUT2D eigenvalue weighted by molar-refractivity contribution is 7.99. The lowest BCUT2D eigenvalue weighted by Crippen LogP contribution is -2.23. The van der Waals surface area contributed by atoms with Crippen molar-refractivity contribution in [3.05, 3.63) is 56.9 Å². The van der Waals surface area contributed by atoms with Gasteiger partial charge in [-0.2, -0.15) is 0 Å². The third-order valence-electron chi connectivity index (χ3n) is 5.75. The van der Waals surface area contributed by atoms with Gasteiger partial charge in [-0.25, -0.2) is 4.98 Å². The van der Waals surface area contributed by atoms with Crippen LogP contribution in [0.15, 0.2) is 44.8 Å². The van der Waals surface area contributed by atoms with Crippen molar-refractivity contribution >= 4 is 45.0 Å². The number of benzene rings is 1. The molecular formula is C24H24N4O4S2. The maximum absolute atomic E-state index is 13.9. The number of aromatic nitrogens is 3. The zero-order valence-electron chi connectivity index (χ0n) is 18.9. The predicted molar refractivity (Wildman–Crippen MR) is 134 cm³/mol. The molecule has 1 aliphatic carbocycles. The Kier molecular flexibility index (Phi) is 6.42. The molecule has 8 nitrogen and oxygen atoms in total. The summed E-state index contributed by atoms with van der Waals surface area (Å²) in [5.74, 6) is 1.42. The van der Waals surface area contributed by atoms with Gasteiger partial charge < -0.3 is 14.6 Å². The quantitative estimate of drug-likeness (QED) is 0.234. The highest BCUT2D eigenvalue weighted by Gasteiger charge is 2.23. The predicted octanol–water partition coefficient (Wildman–Crippen LogP) is 4.75. The number of fused-ring (bicyclic) bond motifs is 3. The number of hydrogen-bond acceptors (Lipinski definition) is 8. The van der Waals surface area contributed by atoms with Crippen LogP contribution in [-0.4, -0.2) is 33.5 Å². The number of carbonyl (C=O) groups is 1. The van der Waals surface area contributed by atoms with Crippen LogP contribution in [0.3, 0.4) is 0 Å². The van der Waals surface area contributed by atoms with E-state index in [2.05, 4.69) is 10.5 Å². The van der Waals surface area contributed by atoms with E-state index in [9.17, 15) is 9.59 Å². The second-order valence-corrected chi connectivity index (χ2v) is 10.2. The molecule has 1 aliphatic rings. The first-order valence-corrected chi connectivity index (χ1v) is 12.9. The number of thiophene rings is 1. The first kappa shape index (κ1) is 22.7. The maximum atomic E-state index is 13.9. The minimum absolute atomic E-state index is 0.0684. The van der Waals surface area contributed by atoms with Crippen LogP contribution in [0.1, 0.15) is 35.5 Å². The van der Waals surface area contributed by atoms with Gasteiger partial charge in [0.2, 0.25) is 5.91 Å². The van der Waals surface area contributed by atoms with Crippen LogP contribution in [0, 0.1) is 6.92 Å². The number of ether oxygens (including phenoxy) is 1. The molecule has 0 atom stereocenters. The molecule has 10 heteroatoms. The normalized spacial score (nSPS) is 13.5. The van der Waals surface area contributed by atoms with Gasteiger partial charge in [-0.05, 0) is 50.3 Å². The summed E-state index contributed by atoms with van der Waals surface area (Å²) in [7, 11) is 1.59. The zero-order chi connectivity index (χ0) is 23.7. The molecule has 5 rings (SSSR count). The van der Waals surface area contributed by atoms with Crippen molar-refractivity contribution in [1.82, 2.24) is 14.7 Å². The molecule has 3 aromatic heterocycles. The molecule has 0 saturated carbocycles. The second-order valence-electron chi connectivity index (χ2n) is 8.14. The van der Waals surface area contributed by atoms with Crippen molar-refractivity contribution in [2.75, 3.05) is 18.2 Å². The van der Waals surface area contributed by atoms with E-state index in [1.54, 1.807) is 36.0 Å². The van der Waals surface area contributed by atoms with Crippen LogP contribution in [0.25, 0.3) is 15.9 Å². The fourth-order valence-electron chi connectivity index (χ4n) is 4.17. The topological polar surface area (TPSA) is 99.2 Å². The Bertz CT molecular complexity index is 1420. The number of aryl methyl sites for hydroxylation is 3. The van der Waals surface area contributed by atoms with Crippen LogP contribution < -0.4 is 15.6 Å². The Morgan fingerprint density at radius 3 is 2.91 bits per heavy atom. The zero-order valence-corrected chi connectivity index (χ0v) is 20.6. The molecule has 0 fully saturated rings. The van der Waals surface area contributed by atoms with E-state index in [4.69, 9.17) is 14.2 Å². The average molecular weight is 497 g/mol. The van der Waals surface area contributed by atoms with Gasteiger partial charge in [0.1, 0.15) is 16.3 Å². The molecule has 0 saturated heterocycles. The lowest BCUT2D eigenvalue weighted by molar-refractivity contribution is -0.113. The van der Waals surface area contributed by atoms with Crippen molar-refractivity contribution in [3.63, 3.8) is 0 Å². The number of carbonyl (C=O) groups excluding carboxylic acids is 1. The third kappa shape index (κ3) is 4.47. The summed E-state index contributed by atoms with van der Waals surface area (Å²) in [5.41, 5.74) is 1.69. The lowest BCUT2D eigenvalue weighted by Gasteiger charge is -2.13. The molecular weight excluding hydrogens is 472 g/mol. The third-order valence-corrected chi connectivity index (χ3v) is 7.87. The monoisotopic (exact) mass is 496 g/mol. The van der Waals surface area contributed by atoms with Crippen LogP contribution in [0.4, 0.5) is 5.82 Å². The van der Waals surface area contributed by atoms with Gasteiger partial charge in [0.25, 0.3) is 5.56 Å². The average Bonchev–Trinajstić information content (AvgIpc) is 3.32. The number of amides is 1. The summed E-state index contributed by atoms with van der Waals surface area (Å²) in [5, 5.41) is 7.68. The van der Waals surface area contributed by atoms with Crippen LogP contribution >= 0.6 is 23.1 Å². The Balaban J connectivity index is 1.56. The molecule has 1 amide bonds. The van der Waals surface area contributed by atoms with Gasteiger partial charge in [-0.3, -0.25) is 14.2 Å². The number of nitrogens with zero attached hydrogens (tertiary/aromatic N) is 3. The van der Waals surface area contributed by atoms with E-state index < -0.39 is 0 Å². The minimum atomic E-state index is -0.258. The van der Waals surface area contributed by atoms with E-state index in [-0.39, 0.29) is 17.2 Å². The second kappa shape index (κ2) is 9.63. The highest BCUT2D eigenvalue weighted by Crippen LogP contribution is 2.35. The Morgan fingerprint density at radius 2 is 2.12 bits per heavy atom.